The van der Waals surface area contributed by atoms with Crippen molar-refractivity contribution in [3.63, 3.8) is 0 Å². The van der Waals surface area contributed by atoms with Crippen molar-refractivity contribution in [3.8, 4) is 0 Å². The van der Waals surface area contributed by atoms with Crippen LogP contribution in [0.5, 0.6) is 0 Å². The average molecular weight is 358 g/mol. The summed E-state index contributed by atoms with van der Waals surface area (Å²) < 4.78 is 5.17. The van der Waals surface area contributed by atoms with E-state index < -0.39 is 5.97 Å². The molecule has 0 aliphatic heterocycles. The summed E-state index contributed by atoms with van der Waals surface area (Å²) in [5, 5.41) is 14.8. The molecule has 1 fully saturated rings. The van der Waals surface area contributed by atoms with Gasteiger partial charge in [-0.3, -0.25) is 9.59 Å². The summed E-state index contributed by atoms with van der Waals surface area (Å²) in [6, 6.07) is 6.25. The van der Waals surface area contributed by atoms with Gasteiger partial charge in [-0.25, -0.2) is 4.79 Å². The highest BCUT2D eigenvalue weighted by Crippen LogP contribution is 2.28. The number of aromatic carboxylic acids is 1. The number of carboxylic acid groups (broad SMARTS) is 1. The zero-order valence-corrected chi connectivity index (χ0v) is 14.4. The Labute approximate surface area is 150 Å². The van der Waals surface area contributed by atoms with E-state index in [-0.39, 0.29) is 24.1 Å². The van der Waals surface area contributed by atoms with E-state index in [0.29, 0.717) is 29.0 Å². The Morgan fingerprint density at radius 3 is 2.62 bits per heavy atom. The molecule has 26 heavy (non-hydrogen) atoms. The van der Waals surface area contributed by atoms with Gasteiger partial charge < -0.3 is 20.2 Å². The normalized spacial score (nSPS) is 14.5. The van der Waals surface area contributed by atoms with Gasteiger partial charge in [-0.15, -0.1) is 0 Å². The largest absolute Gasteiger partial charge is 0.475 e. The number of nitrogens with one attached hydrogen (secondary N) is 2. The van der Waals surface area contributed by atoms with E-state index >= 15 is 0 Å². The number of amides is 2. The zero-order valence-electron chi connectivity index (χ0n) is 14.4. The van der Waals surface area contributed by atoms with Crippen LogP contribution < -0.4 is 10.6 Å². The van der Waals surface area contributed by atoms with Gasteiger partial charge in [0.1, 0.15) is 5.58 Å². The fraction of sp³-hybridized carbons (Fsp3) is 0.421. The minimum atomic E-state index is -1.15. The summed E-state index contributed by atoms with van der Waals surface area (Å²) in [6.07, 6.45) is 6.25. The Balaban J connectivity index is 1.47. The fourth-order valence-corrected chi connectivity index (χ4v) is 3.33. The molecule has 7 nitrogen and oxygen atoms in total. The topological polar surface area (TPSA) is 109 Å². The number of furan rings is 1. The molecule has 1 aromatic heterocycles. The molecule has 0 atom stereocenters. The number of carboxylic acids is 1. The maximum absolute atomic E-state index is 12.0. The van der Waals surface area contributed by atoms with Gasteiger partial charge in [0.05, 0.1) is 6.54 Å². The van der Waals surface area contributed by atoms with Crippen LogP contribution in [-0.4, -0.2) is 29.4 Å². The molecule has 2 aromatic rings. The summed E-state index contributed by atoms with van der Waals surface area (Å²) >= 11 is 0. The lowest BCUT2D eigenvalue weighted by atomic mass is 10.0. The highest BCUT2D eigenvalue weighted by molar-refractivity contribution is 5.97. The average Bonchev–Trinajstić information content (AvgIpc) is 3.27. The molecule has 1 aromatic carbocycles. The van der Waals surface area contributed by atoms with Gasteiger partial charge in [0.25, 0.3) is 0 Å². The van der Waals surface area contributed by atoms with Gasteiger partial charge in [-0.05, 0) is 36.6 Å². The smallest absolute Gasteiger partial charge is 0.371 e. The van der Waals surface area contributed by atoms with Crippen LogP contribution in [0.25, 0.3) is 11.0 Å². The first-order valence-electron chi connectivity index (χ1n) is 8.85. The van der Waals surface area contributed by atoms with Crippen LogP contribution in [0.2, 0.25) is 0 Å². The van der Waals surface area contributed by atoms with Crippen LogP contribution in [0.3, 0.4) is 0 Å². The highest BCUT2D eigenvalue weighted by atomic mass is 16.4. The van der Waals surface area contributed by atoms with Crippen molar-refractivity contribution in [2.75, 3.05) is 11.9 Å². The van der Waals surface area contributed by atoms with Gasteiger partial charge in [0.15, 0.2) is 0 Å². The first-order chi connectivity index (χ1) is 12.5. The molecule has 1 aliphatic carbocycles. The van der Waals surface area contributed by atoms with Gasteiger partial charge in [-0.2, -0.15) is 0 Å². The Hall–Kier alpha value is -2.83. The Kier molecular flexibility index (Phi) is 5.55. The number of carbonyl (C=O) groups excluding carboxylic acids is 2. The maximum atomic E-state index is 12.0. The van der Waals surface area contributed by atoms with Gasteiger partial charge >= 0.3 is 5.97 Å². The van der Waals surface area contributed by atoms with Crippen LogP contribution >= 0.6 is 0 Å². The van der Waals surface area contributed by atoms with E-state index in [1.54, 1.807) is 18.2 Å². The molecule has 1 heterocycles. The van der Waals surface area contributed by atoms with E-state index in [1.165, 1.54) is 31.7 Å². The lowest BCUT2D eigenvalue weighted by molar-refractivity contribution is -0.124. The van der Waals surface area contributed by atoms with E-state index in [4.69, 9.17) is 9.52 Å². The molecule has 1 saturated carbocycles. The van der Waals surface area contributed by atoms with Crippen molar-refractivity contribution in [1.29, 1.82) is 0 Å². The van der Waals surface area contributed by atoms with E-state index in [0.717, 1.165) is 6.42 Å². The van der Waals surface area contributed by atoms with E-state index in [2.05, 4.69) is 10.6 Å². The van der Waals surface area contributed by atoms with Crippen LogP contribution in [0.4, 0.5) is 5.69 Å². The number of carbonyl (C=O) groups is 3. The summed E-state index contributed by atoms with van der Waals surface area (Å²) in [7, 11) is 0. The van der Waals surface area contributed by atoms with Crippen molar-refractivity contribution >= 4 is 34.4 Å². The summed E-state index contributed by atoms with van der Waals surface area (Å²) in [6.45, 7) is -0.0900. The summed E-state index contributed by atoms with van der Waals surface area (Å²) in [5.41, 5.74) is 0.945. The lowest BCUT2D eigenvalue weighted by Gasteiger charge is -2.09. The predicted molar refractivity (Wildman–Crippen MR) is 96.0 cm³/mol. The van der Waals surface area contributed by atoms with E-state index in [9.17, 15) is 14.4 Å². The maximum Gasteiger partial charge on any atom is 0.371 e. The molecule has 138 valence electrons. The minimum Gasteiger partial charge on any atom is -0.475 e. The molecule has 0 saturated heterocycles. The molecule has 0 unspecified atom stereocenters. The quantitative estimate of drug-likeness (QED) is 0.704. The van der Waals surface area contributed by atoms with Crippen molar-refractivity contribution in [2.24, 2.45) is 5.92 Å². The van der Waals surface area contributed by atoms with Crippen LogP contribution in [0, 0.1) is 5.92 Å². The SMILES string of the molecule is O=C(CCC1CCCC1)NCC(=O)Nc1ccc2oc(C(=O)O)cc2c1. The van der Waals surface area contributed by atoms with Gasteiger partial charge in [0, 0.05) is 17.5 Å². The summed E-state index contributed by atoms with van der Waals surface area (Å²) in [5.74, 6) is -1.10. The van der Waals surface area contributed by atoms with Crippen LogP contribution in [0.1, 0.15) is 49.1 Å². The van der Waals surface area contributed by atoms with Crippen molar-refractivity contribution in [3.05, 3.63) is 30.0 Å². The monoisotopic (exact) mass is 358 g/mol. The molecule has 7 heteroatoms. The second-order valence-electron chi connectivity index (χ2n) is 6.68. The molecule has 3 rings (SSSR count). The van der Waals surface area contributed by atoms with Gasteiger partial charge in [0.2, 0.25) is 17.6 Å². The Morgan fingerprint density at radius 1 is 1.12 bits per heavy atom. The third kappa shape index (κ3) is 4.62. The standard InChI is InChI=1S/C19H22N2O5/c22-17(8-5-12-3-1-2-4-12)20-11-18(23)21-14-6-7-15-13(9-14)10-16(26-15)19(24)25/h6-7,9-10,12H,1-5,8,11H2,(H,20,22)(H,21,23)(H,24,25). The first-order valence-corrected chi connectivity index (χ1v) is 8.85. The van der Waals surface area contributed by atoms with Crippen LogP contribution in [-0.2, 0) is 9.59 Å². The molecular formula is C19H22N2O5. The Bertz CT molecular complexity index is 820. The number of anilines is 1. The minimum absolute atomic E-state index is 0.0900. The second kappa shape index (κ2) is 8.03. The zero-order chi connectivity index (χ0) is 18.5. The lowest BCUT2D eigenvalue weighted by Crippen LogP contribution is -2.32. The van der Waals surface area contributed by atoms with Crippen molar-refractivity contribution < 1.29 is 23.9 Å². The number of fused-ring (bicyclic) bond motifs is 1. The fourth-order valence-electron chi connectivity index (χ4n) is 3.33. The number of rotatable bonds is 7. The molecule has 0 radical (unpaired) electrons. The first kappa shape index (κ1) is 18.0. The third-order valence-corrected chi connectivity index (χ3v) is 4.71. The number of hydrogen-bond donors (Lipinski definition) is 3. The molecular weight excluding hydrogens is 336 g/mol. The van der Waals surface area contributed by atoms with Crippen molar-refractivity contribution in [1.82, 2.24) is 5.32 Å². The highest BCUT2D eigenvalue weighted by Gasteiger charge is 2.16. The number of hydrogen-bond acceptors (Lipinski definition) is 4. The molecule has 0 bridgehead atoms. The molecule has 0 spiro atoms. The molecule has 1 aliphatic rings. The van der Waals surface area contributed by atoms with E-state index in [1.807, 2.05) is 0 Å². The third-order valence-electron chi connectivity index (χ3n) is 4.71. The van der Waals surface area contributed by atoms with Crippen molar-refractivity contribution in [2.45, 2.75) is 38.5 Å². The Morgan fingerprint density at radius 2 is 1.88 bits per heavy atom. The van der Waals surface area contributed by atoms with Gasteiger partial charge in [-0.1, -0.05) is 25.7 Å². The second-order valence-corrected chi connectivity index (χ2v) is 6.68. The number of benzene rings is 1. The van der Waals surface area contributed by atoms with Crippen LogP contribution in [0.15, 0.2) is 28.7 Å². The summed E-state index contributed by atoms with van der Waals surface area (Å²) in [4.78, 5) is 34.7. The molecule has 2 amide bonds. The molecule has 3 N–H and O–H groups in total. The predicted octanol–water partition coefficient (Wildman–Crippen LogP) is 3.16.